The molecule has 1 aromatic heterocycles. The first-order chi connectivity index (χ1) is 28.1. The van der Waals surface area contributed by atoms with E-state index < -0.39 is 0 Å². The van der Waals surface area contributed by atoms with Gasteiger partial charge in [0.05, 0.1) is 22.4 Å². The first-order valence-electron chi connectivity index (χ1n) is 19.9. The Morgan fingerprint density at radius 1 is 0.404 bits per heavy atom. The second-order valence-electron chi connectivity index (χ2n) is 15.7. The molecule has 0 bridgehead atoms. The molecule has 1 heterocycles. The summed E-state index contributed by atoms with van der Waals surface area (Å²) in [7, 11) is 0. The highest BCUT2D eigenvalue weighted by molar-refractivity contribution is 6.16. The summed E-state index contributed by atoms with van der Waals surface area (Å²) >= 11 is 0. The van der Waals surface area contributed by atoms with E-state index in [2.05, 4.69) is 230 Å². The molecular weight excluding hydrogens is 689 g/mol. The van der Waals surface area contributed by atoms with Crippen molar-refractivity contribution in [3.05, 3.63) is 217 Å². The summed E-state index contributed by atoms with van der Waals surface area (Å²) in [5, 5.41) is 5.00. The molecule has 9 aromatic carbocycles. The number of anilines is 3. The van der Waals surface area contributed by atoms with Crippen LogP contribution in [0.4, 0.5) is 17.1 Å². The van der Waals surface area contributed by atoms with E-state index in [4.69, 9.17) is 0 Å². The Kier molecular flexibility index (Phi) is 7.55. The van der Waals surface area contributed by atoms with E-state index in [9.17, 15) is 0 Å². The van der Waals surface area contributed by atoms with Gasteiger partial charge in [-0.3, -0.25) is 0 Å². The minimum atomic E-state index is -0.0987. The highest BCUT2D eigenvalue weighted by Gasteiger charge is 2.37. The second-order valence-corrected chi connectivity index (χ2v) is 15.7. The van der Waals surface area contributed by atoms with Crippen LogP contribution in [0.3, 0.4) is 0 Å². The molecule has 57 heavy (non-hydrogen) atoms. The van der Waals surface area contributed by atoms with E-state index in [1.807, 2.05) is 0 Å². The third-order valence-corrected chi connectivity index (χ3v) is 12.2. The lowest BCUT2D eigenvalue weighted by atomic mass is 9.82. The zero-order valence-electron chi connectivity index (χ0n) is 32.0. The van der Waals surface area contributed by atoms with Gasteiger partial charge in [0, 0.05) is 38.5 Å². The minimum absolute atomic E-state index is 0.0987. The summed E-state index contributed by atoms with van der Waals surface area (Å²) in [5.74, 6) is 0. The molecule has 10 aromatic rings. The number of nitrogens with zero attached hydrogens (tertiary/aromatic N) is 2. The lowest BCUT2D eigenvalue weighted by Gasteiger charge is -2.29. The normalized spacial score (nSPS) is 12.9. The first-order valence-corrected chi connectivity index (χ1v) is 19.9. The standard InChI is InChI=1S/C55H40N2/c1-55(2)47-23-10-8-20-45(47)54-48(55)24-14-28-52(54)56(41-33-29-38(30-34-41)37-15-4-3-5-16-37)42-35-31-40(32-36-42)44-22-13-27-51-53(44)46-21-9-11-25-50(46)57(51)49-26-12-18-39-17-6-7-19-43(39)49/h3-36H,1-2H3. The van der Waals surface area contributed by atoms with Gasteiger partial charge in [0.2, 0.25) is 0 Å². The van der Waals surface area contributed by atoms with Crippen LogP contribution in [-0.2, 0) is 5.41 Å². The molecule has 0 unspecified atom stereocenters. The van der Waals surface area contributed by atoms with Crippen LogP contribution in [0.1, 0.15) is 25.0 Å². The molecule has 1 aliphatic rings. The summed E-state index contributed by atoms with van der Waals surface area (Å²) < 4.78 is 2.45. The Labute approximate surface area is 333 Å². The van der Waals surface area contributed by atoms with Crippen LogP contribution < -0.4 is 4.90 Å². The van der Waals surface area contributed by atoms with E-state index >= 15 is 0 Å². The monoisotopic (exact) mass is 728 g/mol. The molecule has 0 radical (unpaired) electrons. The van der Waals surface area contributed by atoms with Crippen LogP contribution in [0.25, 0.3) is 71.6 Å². The van der Waals surface area contributed by atoms with Gasteiger partial charge in [-0.25, -0.2) is 0 Å². The molecule has 0 spiro atoms. The summed E-state index contributed by atoms with van der Waals surface area (Å²) in [6.45, 7) is 4.71. The fourth-order valence-corrected chi connectivity index (χ4v) is 9.50. The van der Waals surface area contributed by atoms with E-state index in [1.165, 1.54) is 88.5 Å². The first kappa shape index (κ1) is 33.2. The van der Waals surface area contributed by atoms with Gasteiger partial charge < -0.3 is 9.47 Å². The molecule has 0 saturated carbocycles. The molecule has 0 N–H and O–H groups in total. The lowest BCUT2D eigenvalue weighted by molar-refractivity contribution is 0.660. The van der Waals surface area contributed by atoms with Crippen molar-refractivity contribution in [2.45, 2.75) is 19.3 Å². The van der Waals surface area contributed by atoms with Gasteiger partial charge in [0.1, 0.15) is 0 Å². The summed E-state index contributed by atoms with van der Waals surface area (Å²) in [6.07, 6.45) is 0. The summed E-state index contributed by atoms with van der Waals surface area (Å²) in [5.41, 5.74) is 17.1. The van der Waals surface area contributed by atoms with E-state index in [0.29, 0.717) is 0 Å². The van der Waals surface area contributed by atoms with E-state index in [-0.39, 0.29) is 5.41 Å². The van der Waals surface area contributed by atoms with Crippen LogP contribution in [0, 0.1) is 0 Å². The van der Waals surface area contributed by atoms with Crippen molar-refractivity contribution in [3.63, 3.8) is 0 Å². The number of benzene rings is 9. The van der Waals surface area contributed by atoms with E-state index in [1.54, 1.807) is 0 Å². The van der Waals surface area contributed by atoms with Crippen molar-refractivity contribution in [1.29, 1.82) is 0 Å². The van der Waals surface area contributed by atoms with Gasteiger partial charge in [-0.05, 0) is 92.9 Å². The number of aromatic nitrogens is 1. The fourth-order valence-electron chi connectivity index (χ4n) is 9.50. The molecule has 2 nitrogen and oxygen atoms in total. The Morgan fingerprint density at radius 2 is 0.965 bits per heavy atom. The SMILES string of the molecule is CC1(C)c2ccccc2-c2c(N(c3ccc(-c4ccccc4)cc3)c3ccc(-c4cccc5c4c4ccccc4n5-c4cccc5ccccc45)cc3)cccc21. The van der Waals surface area contributed by atoms with Crippen molar-refractivity contribution in [1.82, 2.24) is 4.57 Å². The van der Waals surface area contributed by atoms with Gasteiger partial charge >= 0.3 is 0 Å². The van der Waals surface area contributed by atoms with Gasteiger partial charge in [-0.1, -0.05) is 172 Å². The molecule has 0 fully saturated rings. The largest absolute Gasteiger partial charge is 0.310 e. The predicted octanol–water partition coefficient (Wildman–Crippen LogP) is 15.0. The Hall–Kier alpha value is -7.16. The molecular formula is C55H40N2. The minimum Gasteiger partial charge on any atom is -0.310 e. The van der Waals surface area contributed by atoms with Gasteiger partial charge in [-0.15, -0.1) is 0 Å². The van der Waals surface area contributed by atoms with Gasteiger partial charge in [-0.2, -0.15) is 0 Å². The fraction of sp³-hybridized carbons (Fsp3) is 0.0545. The van der Waals surface area contributed by atoms with Gasteiger partial charge in [0.15, 0.2) is 0 Å². The third-order valence-electron chi connectivity index (χ3n) is 12.2. The number of fused-ring (bicyclic) bond motifs is 7. The molecule has 0 atom stereocenters. The highest BCUT2D eigenvalue weighted by Crippen LogP contribution is 2.54. The number of hydrogen-bond donors (Lipinski definition) is 0. The highest BCUT2D eigenvalue weighted by atomic mass is 15.1. The van der Waals surface area contributed by atoms with Crippen molar-refractivity contribution in [3.8, 4) is 39.1 Å². The number of para-hydroxylation sites is 1. The zero-order valence-corrected chi connectivity index (χ0v) is 32.0. The van der Waals surface area contributed by atoms with Crippen LogP contribution in [0.15, 0.2) is 206 Å². The molecule has 0 aliphatic heterocycles. The predicted molar refractivity (Wildman–Crippen MR) is 241 cm³/mol. The molecule has 2 heteroatoms. The number of rotatable bonds is 6. The zero-order chi connectivity index (χ0) is 38.1. The van der Waals surface area contributed by atoms with Crippen molar-refractivity contribution in [2.75, 3.05) is 4.90 Å². The maximum atomic E-state index is 2.45. The molecule has 0 saturated heterocycles. The average molecular weight is 729 g/mol. The van der Waals surface area contributed by atoms with E-state index in [0.717, 1.165) is 11.4 Å². The lowest BCUT2D eigenvalue weighted by Crippen LogP contribution is -2.16. The third kappa shape index (κ3) is 5.18. The van der Waals surface area contributed by atoms with Crippen molar-refractivity contribution < 1.29 is 0 Å². The maximum absolute atomic E-state index is 2.45. The molecule has 11 rings (SSSR count). The van der Waals surface area contributed by atoms with Crippen LogP contribution in [-0.4, -0.2) is 4.57 Å². The molecule has 1 aliphatic carbocycles. The number of hydrogen-bond acceptors (Lipinski definition) is 1. The van der Waals surface area contributed by atoms with Crippen LogP contribution in [0.2, 0.25) is 0 Å². The topological polar surface area (TPSA) is 8.17 Å². The van der Waals surface area contributed by atoms with Crippen LogP contribution >= 0.6 is 0 Å². The van der Waals surface area contributed by atoms with Crippen molar-refractivity contribution >= 4 is 49.6 Å². The van der Waals surface area contributed by atoms with Crippen LogP contribution in [0.5, 0.6) is 0 Å². The molecule has 270 valence electrons. The Bertz CT molecular complexity index is 3130. The summed E-state index contributed by atoms with van der Waals surface area (Å²) in [4.78, 5) is 2.45. The average Bonchev–Trinajstić information content (AvgIpc) is 3.73. The Morgan fingerprint density at radius 3 is 1.77 bits per heavy atom. The second kappa shape index (κ2) is 13.0. The molecule has 0 amide bonds. The smallest absolute Gasteiger partial charge is 0.0547 e. The Balaban J connectivity index is 1.08. The van der Waals surface area contributed by atoms with Gasteiger partial charge in [0.25, 0.3) is 0 Å². The maximum Gasteiger partial charge on any atom is 0.0547 e. The quantitative estimate of drug-likeness (QED) is 0.165. The van der Waals surface area contributed by atoms with Crippen molar-refractivity contribution in [2.24, 2.45) is 0 Å². The summed E-state index contributed by atoms with van der Waals surface area (Å²) in [6, 6.07) is 75.5.